The minimum Gasteiger partial charge on any atom is -0.465 e. The monoisotopic (exact) mass is 482 g/mol. The third kappa shape index (κ3) is 4.73. The molecule has 1 fully saturated rings. The highest BCUT2D eigenvalue weighted by atomic mass is 19.1. The van der Waals surface area contributed by atoms with Crippen LogP contribution in [0.4, 0.5) is 4.39 Å². The van der Waals surface area contributed by atoms with Crippen molar-refractivity contribution in [2.45, 2.75) is 51.6 Å². The molecule has 10 heteroatoms. The topological polar surface area (TPSA) is 112 Å². The van der Waals surface area contributed by atoms with Gasteiger partial charge in [-0.3, -0.25) is 14.2 Å². The molecular weight excluding hydrogens is 455 g/mol. The molecule has 0 atom stereocenters. The summed E-state index contributed by atoms with van der Waals surface area (Å²) in [6.45, 7) is 3.64. The number of hydrogen-bond acceptors (Lipinski definition) is 6. The van der Waals surface area contributed by atoms with Gasteiger partial charge in [0, 0.05) is 18.0 Å². The molecule has 184 valence electrons. The van der Waals surface area contributed by atoms with E-state index in [1.54, 1.807) is 18.2 Å². The second-order valence-corrected chi connectivity index (χ2v) is 9.03. The van der Waals surface area contributed by atoms with Crippen molar-refractivity contribution in [2.75, 3.05) is 7.11 Å². The summed E-state index contributed by atoms with van der Waals surface area (Å²) in [6, 6.07) is 6.80. The van der Waals surface area contributed by atoms with Crippen molar-refractivity contribution >= 4 is 22.9 Å². The molecule has 9 nitrogen and oxygen atoms in total. The van der Waals surface area contributed by atoms with E-state index in [1.165, 1.54) is 17.7 Å². The summed E-state index contributed by atoms with van der Waals surface area (Å²) in [5, 5.41) is 2.96. The highest BCUT2D eigenvalue weighted by molar-refractivity contribution is 5.90. The molecule has 1 aliphatic carbocycles. The number of hydrogen-bond donors (Lipinski definition) is 1. The maximum Gasteiger partial charge on any atom is 0.337 e. The zero-order valence-electron chi connectivity index (χ0n) is 19.8. The number of ether oxygens (including phenoxy) is 1. The van der Waals surface area contributed by atoms with Gasteiger partial charge in [0.25, 0.3) is 5.56 Å². The van der Waals surface area contributed by atoms with E-state index in [-0.39, 0.29) is 34.5 Å². The van der Waals surface area contributed by atoms with Crippen LogP contribution in [-0.2, 0) is 9.53 Å². The van der Waals surface area contributed by atoms with Crippen molar-refractivity contribution in [3.8, 4) is 5.69 Å². The van der Waals surface area contributed by atoms with Gasteiger partial charge in [0.1, 0.15) is 5.82 Å². The van der Waals surface area contributed by atoms with Gasteiger partial charge in [0.2, 0.25) is 5.91 Å². The molecule has 0 radical (unpaired) electrons. The summed E-state index contributed by atoms with van der Waals surface area (Å²) < 4.78 is 21.2. The second-order valence-electron chi connectivity index (χ2n) is 9.03. The van der Waals surface area contributed by atoms with Gasteiger partial charge in [-0.15, -0.1) is 0 Å². The molecule has 1 aromatic carbocycles. The van der Waals surface area contributed by atoms with Gasteiger partial charge in [-0.05, 0) is 49.9 Å². The average Bonchev–Trinajstić information content (AvgIpc) is 2.85. The smallest absolute Gasteiger partial charge is 0.337 e. The molecule has 3 aromatic rings. The molecule has 0 bridgehead atoms. The van der Waals surface area contributed by atoms with Crippen LogP contribution in [0.5, 0.6) is 0 Å². The number of amides is 1. The first-order valence-corrected chi connectivity index (χ1v) is 11.5. The van der Waals surface area contributed by atoms with Crippen molar-refractivity contribution in [3.05, 3.63) is 68.7 Å². The lowest BCUT2D eigenvalue weighted by molar-refractivity contribution is -0.125. The van der Waals surface area contributed by atoms with E-state index in [0.29, 0.717) is 31.4 Å². The number of benzene rings is 1. The minimum atomic E-state index is -0.699. The predicted octanol–water partition coefficient (Wildman–Crippen LogP) is 2.73. The van der Waals surface area contributed by atoms with Crippen LogP contribution in [0.15, 0.2) is 46.1 Å². The Morgan fingerprint density at radius 2 is 1.86 bits per heavy atom. The van der Waals surface area contributed by atoms with Gasteiger partial charge < -0.3 is 10.1 Å². The summed E-state index contributed by atoms with van der Waals surface area (Å²) in [6.07, 6.45) is 3.14. The number of aromatic nitrogens is 3. The SMILES string of the molecule is COC(=O)c1cccc(-n2c(=O)n([C@H]3CC[C@@H](NC(=O)C(C)C)CC3)c(=O)c3cc(F)cnc32)c1. The fraction of sp³-hybridized carbons (Fsp3) is 0.400. The lowest BCUT2D eigenvalue weighted by Crippen LogP contribution is -2.45. The van der Waals surface area contributed by atoms with Crippen LogP contribution < -0.4 is 16.6 Å². The Morgan fingerprint density at radius 3 is 2.51 bits per heavy atom. The summed E-state index contributed by atoms with van der Waals surface area (Å²) in [5.41, 5.74) is -0.733. The van der Waals surface area contributed by atoms with Crippen LogP contribution in [0.1, 0.15) is 55.9 Å². The zero-order valence-corrected chi connectivity index (χ0v) is 19.8. The maximum atomic E-state index is 14.1. The molecule has 4 rings (SSSR count). The third-order valence-corrected chi connectivity index (χ3v) is 6.35. The van der Waals surface area contributed by atoms with E-state index >= 15 is 0 Å². The van der Waals surface area contributed by atoms with Crippen LogP contribution in [0, 0.1) is 11.7 Å². The van der Waals surface area contributed by atoms with E-state index in [0.717, 1.165) is 16.8 Å². The second kappa shape index (κ2) is 9.81. The summed E-state index contributed by atoms with van der Waals surface area (Å²) >= 11 is 0. The van der Waals surface area contributed by atoms with Crippen molar-refractivity contribution in [1.29, 1.82) is 0 Å². The maximum absolute atomic E-state index is 14.1. The zero-order chi connectivity index (χ0) is 25.3. The number of esters is 1. The van der Waals surface area contributed by atoms with Crippen molar-refractivity contribution in [2.24, 2.45) is 5.92 Å². The Bertz CT molecular complexity index is 1400. The van der Waals surface area contributed by atoms with Gasteiger partial charge in [0.15, 0.2) is 5.65 Å². The minimum absolute atomic E-state index is 0.00227. The van der Waals surface area contributed by atoms with Gasteiger partial charge in [-0.2, -0.15) is 0 Å². The van der Waals surface area contributed by atoms with E-state index in [1.807, 2.05) is 13.8 Å². The van der Waals surface area contributed by atoms with Crippen LogP contribution in [0.25, 0.3) is 16.7 Å². The van der Waals surface area contributed by atoms with Crippen molar-refractivity contribution in [3.63, 3.8) is 0 Å². The van der Waals surface area contributed by atoms with Gasteiger partial charge >= 0.3 is 11.7 Å². The number of rotatable bonds is 5. The van der Waals surface area contributed by atoms with E-state index in [4.69, 9.17) is 4.74 Å². The Balaban J connectivity index is 1.81. The Kier molecular flexibility index (Phi) is 6.81. The summed E-state index contributed by atoms with van der Waals surface area (Å²) in [7, 11) is 1.25. The molecule has 1 N–H and O–H groups in total. The molecule has 0 spiro atoms. The standard InChI is InChI=1S/C25H27FN4O5/c1-14(2)22(31)28-17-7-9-18(10-8-17)30-23(32)20-12-16(26)13-27-21(20)29(25(30)34)19-6-4-5-15(11-19)24(33)35-3/h4-6,11-14,17-18H,7-10H2,1-3H3,(H,28,31)/t17-,18+. The molecule has 0 saturated heterocycles. The lowest BCUT2D eigenvalue weighted by Gasteiger charge is -2.30. The number of methoxy groups -OCH3 is 1. The van der Waals surface area contributed by atoms with E-state index < -0.39 is 29.1 Å². The number of fused-ring (bicyclic) bond motifs is 1. The van der Waals surface area contributed by atoms with Gasteiger partial charge in [0.05, 0.1) is 29.9 Å². The Labute approximate surface area is 200 Å². The summed E-state index contributed by atoms with van der Waals surface area (Å²) in [5.74, 6) is -1.45. The molecule has 1 aliphatic rings. The number of carbonyl (C=O) groups is 2. The van der Waals surface area contributed by atoms with Crippen LogP contribution in [-0.4, -0.2) is 39.1 Å². The molecule has 1 amide bonds. The van der Waals surface area contributed by atoms with E-state index in [9.17, 15) is 23.6 Å². The third-order valence-electron chi connectivity index (χ3n) is 6.35. The fourth-order valence-corrected chi connectivity index (χ4v) is 4.47. The number of nitrogens with one attached hydrogen (secondary N) is 1. The first kappa shape index (κ1) is 24.3. The summed E-state index contributed by atoms with van der Waals surface area (Å²) in [4.78, 5) is 55.2. The quantitative estimate of drug-likeness (QED) is 0.560. The molecule has 1 saturated carbocycles. The molecule has 0 aliphatic heterocycles. The van der Waals surface area contributed by atoms with Crippen LogP contribution in [0.2, 0.25) is 0 Å². The number of halogens is 1. The van der Waals surface area contributed by atoms with E-state index in [2.05, 4.69) is 10.3 Å². The van der Waals surface area contributed by atoms with Gasteiger partial charge in [-0.25, -0.2) is 23.5 Å². The first-order valence-electron chi connectivity index (χ1n) is 11.5. The fourth-order valence-electron chi connectivity index (χ4n) is 4.47. The Hall–Kier alpha value is -3.82. The Morgan fingerprint density at radius 1 is 1.14 bits per heavy atom. The predicted molar refractivity (Wildman–Crippen MR) is 127 cm³/mol. The molecule has 2 aromatic heterocycles. The largest absolute Gasteiger partial charge is 0.465 e. The van der Waals surface area contributed by atoms with Crippen LogP contribution in [0.3, 0.4) is 0 Å². The number of nitrogens with zero attached hydrogens (tertiary/aromatic N) is 3. The molecule has 35 heavy (non-hydrogen) atoms. The van der Waals surface area contributed by atoms with Gasteiger partial charge in [-0.1, -0.05) is 19.9 Å². The highest BCUT2D eigenvalue weighted by Gasteiger charge is 2.28. The normalized spacial score (nSPS) is 18.0. The van der Waals surface area contributed by atoms with Crippen molar-refractivity contribution in [1.82, 2.24) is 19.4 Å². The lowest BCUT2D eigenvalue weighted by atomic mass is 9.90. The molecule has 0 unspecified atom stereocenters. The highest BCUT2D eigenvalue weighted by Crippen LogP contribution is 2.27. The van der Waals surface area contributed by atoms with Crippen LogP contribution >= 0.6 is 0 Å². The first-order chi connectivity index (χ1) is 16.7. The number of pyridine rings is 1. The van der Waals surface area contributed by atoms with Crippen molar-refractivity contribution < 1.29 is 18.7 Å². The average molecular weight is 483 g/mol. The molecular formula is C25H27FN4O5. The molecule has 2 heterocycles. The number of carbonyl (C=O) groups excluding carboxylic acids is 2.